The van der Waals surface area contributed by atoms with Gasteiger partial charge in [-0.15, -0.1) is 0 Å². The van der Waals surface area contributed by atoms with Crippen molar-refractivity contribution in [3.05, 3.63) is 0 Å². The predicted octanol–water partition coefficient (Wildman–Crippen LogP) is 2.26. The Morgan fingerprint density at radius 1 is 1.45 bits per heavy atom. The Morgan fingerprint density at radius 2 is 2.00 bits per heavy atom. The first-order valence-electron chi connectivity index (χ1n) is 4.63. The lowest BCUT2D eigenvalue weighted by Gasteiger charge is -2.31. The van der Waals surface area contributed by atoms with Crippen LogP contribution >= 0.6 is 15.9 Å². The number of piperidine rings is 1. The zero-order valence-electron chi connectivity index (χ0n) is 7.15. The molecule has 0 bridgehead atoms. The van der Waals surface area contributed by atoms with E-state index in [1.165, 1.54) is 38.9 Å². The largest absolute Gasteiger partial charge is 0.304 e. The Balaban J connectivity index is 1.86. The molecule has 0 aromatic carbocycles. The minimum Gasteiger partial charge on any atom is -0.304 e. The molecule has 1 atom stereocenters. The molecule has 11 heavy (non-hydrogen) atoms. The Hall–Kier alpha value is 0.440. The summed E-state index contributed by atoms with van der Waals surface area (Å²) in [5.74, 6) is 0. The van der Waals surface area contributed by atoms with Gasteiger partial charge < -0.3 is 4.90 Å². The summed E-state index contributed by atoms with van der Waals surface area (Å²) in [6.45, 7) is 6.16. The van der Waals surface area contributed by atoms with Crippen LogP contribution in [0.5, 0.6) is 0 Å². The molecule has 1 unspecified atom stereocenters. The van der Waals surface area contributed by atoms with Crippen molar-refractivity contribution in [1.29, 1.82) is 0 Å². The maximum atomic E-state index is 3.72. The Labute approximate surface area is 77.3 Å². The summed E-state index contributed by atoms with van der Waals surface area (Å²) in [5, 5.41) is 0. The molecule has 2 rings (SSSR count). The molecule has 0 amide bonds. The van der Waals surface area contributed by atoms with Gasteiger partial charge in [0, 0.05) is 4.83 Å². The van der Waals surface area contributed by atoms with E-state index in [-0.39, 0.29) is 0 Å². The van der Waals surface area contributed by atoms with Crippen LogP contribution < -0.4 is 0 Å². The van der Waals surface area contributed by atoms with Gasteiger partial charge in [-0.2, -0.15) is 0 Å². The van der Waals surface area contributed by atoms with Crippen molar-refractivity contribution < 1.29 is 0 Å². The maximum Gasteiger partial charge on any atom is 0.0209 e. The third kappa shape index (κ3) is 1.35. The quantitative estimate of drug-likeness (QED) is 0.610. The molecule has 1 saturated carbocycles. The average Bonchev–Trinajstić information content (AvgIpc) is 2.64. The van der Waals surface area contributed by atoms with Crippen LogP contribution in [-0.2, 0) is 0 Å². The molecule has 1 aliphatic carbocycles. The monoisotopic (exact) mass is 217 g/mol. The molecule has 0 N–H and O–H groups in total. The van der Waals surface area contributed by atoms with E-state index in [9.17, 15) is 0 Å². The van der Waals surface area contributed by atoms with Crippen LogP contribution in [0.3, 0.4) is 0 Å². The van der Waals surface area contributed by atoms with E-state index in [0.29, 0.717) is 0 Å². The molecule has 2 aliphatic rings. The fraction of sp³-hybridized carbons (Fsp3) is 1.00. The van der Waals surface area contributed by atoms with Gasteiger partial charge in [0.1, 0.15) is 0 Å². The van der Waals surface area contributed by atoms with Gasteiger partial charge in [0.15, 0.2) is 0 Å². The van der Waals surface area contributed by atoms with E-state index in [0.717, 1.165) is 10.2 Å². The first-order chi connectivity index (χ1) is 5.27. The molecule has 1 aliphatic heterocycles. The second-order valence-corrected chi connectivity index (χ2v) is 5.07. The number of hydrogen-bond acceptors (Lipinski definition) is 1. The van der Waals surface area contributed by atoms with Crippen LogP contribution in [0.4, 0.5) is 0 Å². The number of nitrogens with zero attached hydrogens (tertiary/aromatic N) is 1. The highest BCUT2D eigenvalue weighted by molar-refractivity contribution is 9.09. The standard InChI is InChI=1S/C9H16BrN/c1-2-11-5-3-9(4-6-11)7-8(9)10/h8H,2-7H2,1H3. The molecule has 2 heteroatoms. The number of likely N-dealkylation sites (tertiary alicyclic amines) is 1. The fourth-order valence-corrected chi connectivity index (χ4v) is 3.23. The van der Waals surface area contributed by atoms with E-state index in [4.69, 9.17) is 0 Å². The summed E-state index contributed by atoms with van der Waals surface area (Å²) in [5.41, 5.74) is 0.742. The van der Waals surface area contributed by atoms with Gasteiger partial charge in [-0.05, 0) is 44.3 Å². The Morgan fingerprint density at radius 3 is 2.36 bits per heavy atom. The third-order valence-corrected chi connectivity index (χ3v) is 4.68. The molecule has 1 nitrogen and oxygen atoms in total. The van der Waals surface area contributed by atoms with Gasteiger partial charge in [-0.1, -0.05) is 22.9 Å². The third-order valence-electron chi connectivity index (χ3n) is 3.39. The highest BCUT2D eigenvalue weighted by atomic mass is 79.9. The van der Waals surface area contributed by atoms with Gasteiger partial charge in [0.2, 0.25) is 0 Å². The minimum absolute atomic E-state index is 0.742. The molecule has 64 valence electrons. The molecule has 0 radical (unpaired) electrons. The van der Waals surface area contributed by atoms with Crippen molar-refractivity contribution in [1.82, 2.24) is 4.90 Å². The summed E-state index contributed by atoms with van der Waals surface area (Å²) in [6.07, 6.45) is 4.29. The number of alkyl halides is 1. The molecule has 1 spiro atoms. The molecule has 2 fully saturated rings. The second kappa shape index (κ2) is 2.74. The fourth-order valence-electron chi connectivity index (χ4n) is 2.13. The predicted molar refractivity (Wildman–Crippen MR) is 51.1 cm³/mol. The summed E-state index contributed by atoms with van der Waals surface area (Å²) in [6, 6.07) is 0. The second-order valence-electron chi connectivity index (χ2n) is 3.97. The molecule has 1 heterocycles. The van der Waals surface area contributed by atoms with E-state index in [2.05, 4.69) is 27.8 Å². The highest BCUT2D eigenvalue weighted by Crippen LogP contribution is 2.58. The van der Waals surface area contributed by atoms with Gasteiger partial charge >= 0.3 is 0 Å². The average molecular weight is 218 g/mol. The van der Waals surface area contributed by atoms with Crippen molar-refractivity contribution >= 4 is 15.9 Å². The van der Waals surface area contributed by atoms with Crippen molar-refractivity contribution in [3.8, 4) is 0 Å². The number of hydrogen-bond donors (Lipinski definition) is 0. The molecule has 1 saturated heterocycles. The lowest BCUT2D eigenvalue weighted by molar-refractivity contribution is 0.182. The van der Waals surface area contributed by atoms with Crippen LogP contribution in [0.15, 0.2) is 0 Å². The zero-order valence-corrected chi connectivity index (χ0v) is 8.73. The van der Waals surface area contributed by atoms with Crippen molar-refractivity contribution in [2.24, 2.45) is 5.41 Å². The van der Waals surface area contributed by atoms with Gasteiger partial charge in [-0.3, -0.25) is 0 Å². The van der Waals surface area contributed by atoms with Crippen LogP contribution in [-0.4, -0.2) is 29.4 Å². The first-order valence-corrected chi connectivity index (χ1v) is 5.55. The van der Waals surface area contributed by atoms with E-state index in [1.807, 2.05) is 0 Å². The van der Waals surface area contributed by atoms with Gasteiger partial charge in [0.05, 0.1) is 0 Å². The molecular weight excluding hydrogens is 202 g/mol. The minimum atomic E-state index is 0.742. The Bertz CT molecular complexity index is 150. The highest BCUT2D eigenvalue weighted by Gasteiger charge is 2.53. The first kappa shape index (κ1) is 8.06. The number of rotatable bonds is 1. The van der Waals surface area contributed by atoms with E-state index < -0.39 is 0 Å². The van der Waals surface area contributed by atoms with E-state index in [1.54, 1.807) is 0 Å². The van der Waals surface area contributed by atoms with Crippen molar-refractivity contribution in [3.63, 3.8) is 0 Å². The van der Waals surface area contributed by atoms with Gasteiger partial charge in [0.25, 0.3) is 0 Å². The lowest BCUT2D eigenvalue weighted by Crippen LogP contribution is -2.34. The molecule has 0 aromatic rings. The lowest BCUT2D eigenvalue weighted by atomic mass is 9.94. The Kier molecular flexibility index (Phi) is 2.00. The summed E-state index contributed by atoms with van der Waals surface area (Å²) in [4.78, 5) is 3.41. The van der Waals surface area contributed by atoms with Crippen molar-refractivity contribution in [2.45, 2.75) is 31.0 Å². The SMILES string of the molecule is CCN1CCC2(CC1)CC2Br. The van der Waals surface area contributed by atoms with Crippen LogP contribution in [0.1, 0.15) is 26.2 Å². The summed E-state index contributed by atoms with van der Waals surface area (Å²) in [7, 11) is 0. The maximum absolute atomic E-state index is 3.72. The number of halogens is 1. The smallest absolute Gasteiger partial charge is 0.0209 e. The molecular formula is C9H16BrN. The van der Waals surface area contributed by atoms with Gasteiger partial charge in [-0.25, -0.2) is 0 Å². The van der Waals surface area contributed by atoms with Crippen LogP contribution in [0, 0.1) is 5.41 Å². The van der Waals surface area contributed by atoms with Crippen molar-refractivity contribution in [2.75, 3.05) is 19.6 Å². The normalized spacial score (nSPS) is 36.0. The van der Waals surface area contributed by atoms with E-state index >= 15 is 0 Å². The summed E-state index contributed by atoms with van der Waals surface area (Å²) < 4.78 is 0. The van der Waals surface area contributed by atoms with Crippen LogP contribution in [0.2, 0.25) is 0 Å². The van der Waals surface area contributed by atoms with Crippen LogP contribution in [0.25, 0.3) is 0 Å². The topological polar surface area (TPSA) is 3.24 Å². The summed E-state index contributed by atoms with van der Waals surface area (Å²) >= 11 is 3.72. The molecule has 0 aromatic heterocycles. The zero-order chi connectivity index (χ0) is 7.90.